The smallest absolute Gasteiger partial charge is 0.251 e. The molecule has 0 bridgehead atoms. The molecule has 0 aliphatic rings. The van der Waals surface area contributed by atoms with E-state index in [0.29, 0.717) is 16.7 Å². The largest absolute Gasteiger partial charge is 0.456 e. The molecule has 0 atom stereocenters. The van der Waals surface area contributed by atoms with Crippen molar-refractivity contribution < 1.29 is 13.9 Å². The van der Waals surface area contributed by atoms with E-state index in [4.69, 9.17) is 10.5 Å². The van der Waals surface area contributed by atoms with E-state index < -0.39 is 11.7 Å². The quantitative estimate of drug-likeness (QED) is 0.764. The summed E-state index contributed by atoms with van der Waals surface area (Å²) in [6.45, 7) is 6.07. The van der Waals surface area contributed by atoms with Gasteiger partial charge < -0.3 is 10.5 Å². The van der Waals surface area contributed by atoms with Crippen LogP contribution in [0.3, 0.4) is 0 Å². The zero-order chi connectivity index (χ0) is 18.1. The van der Waals surface area contributed by atoms with E-state index in [-0.39, 0.29) is 5.56 Å². The van der Waals surface area contributed by atoms with E-state index >= 15 is 0 Å². The first-order chi connectivity index (χ1) is 11.9. The molecule has 2 N–H and O–H groups in total. The van der Waals surface area contributed by atoms with Gasteiger partial charge in [-0.05, 0) is 49.1 Å². The number of nitrogens with zero attached hydrogens (tertiary/aromatic N) is 1. The van der Waals surface area contributed by atoms with Gasteiger partial charge in [-0.15, -0.1) is 0 Å². The second-order valence-corrected chi connectivity index (χ2v) is 6.04. The number of ether oxygens (including phenoxy) is 1. The summed E-state index contributed by atoms with van der Waals surface area (Å²) in [5.74, 6) is -0.268. The minimum absolute atomic E-state index is 0.180. The van der Waals surface area contributed by atoms with Crippen LogP contribution in [0.15, 0.2) is 36.5 Å². The number of aromatic nitrogens is 1. The Morgan fingerprint density at radius 2 is 1.88 bits per heavy atom. The molecule has 128 valence electrons. The molecule has 0 unspecified atom stereocenters. The van der Waals surface area contributed by atoms with Crippen molar-refractivity contribution in [2.24, 2.45) is 5.73 Å². The number of pyridine rings is 1. The van der Waals surface area contributed by atoms with E-state index in [0.717, 1.165) is 23.3 Å². The van der Waals surface area contributed by atoms with Gasteiger partial charge in [0.05, 0.1) is 11.1 Å². The van der Waals surface area contributed by atoms with Gasteiger partial charge in [0.1, 0.15) is 17.3 Å². The van der Waals surface area contributed by atoms with Gasteiger partial charge in [0.2, 0.25) is 0 Å². The molecule has 4 nitrogen and oxygen atoms in total. The third kappa shape index (κ3) is 3.18. The predicted octanol–water partition coefficient (Wildman–Crippen LogP) is 4.44. The predicted molar refractivity (Wildman–Crippen MR) is 95.6 cm³/mol. The maximum atomic E-state index is 14.0. The number of hydrogen-bond acceptors (Lipinski definition) is 3. The lowest BCUT2D eigenvalue weighted by Crippen LogP contribution is -2.13. The highest BCUT2D eigenvalue weighted by Crippen LogP contribution is 2.34. The maximum absolute atomic E-state index is 14.0. The topological polar surface area (TPSA) is 65.2 Å². The molecular formula is C20H19FN2O2. The molecule has 1 aromatic heterocycles. The zero-order valence-electron chi connectivity index (χ0n) is 14.4. The van der Waals surface area contributed by atoms with Crippen molar-refractivity contribution in [3.63, 3.8) is 0 Å². The minimum Gasteiger partial charge on any atom is -0.456 e. The van der Waals surface area contributed by atoms with E-state index in [2.05, 4.69) is 24.0 Å². The van der Waals surface area contributed by atoms with E-state index in [1.54, 1.807) is 12.3 Å². The molecule has 0 saturated carbocycles. The molecule has 25 heavy (non-hydrogen) atoms. The van der Waals surface area contributed by atoms with Gasteiger partial charge in [0, 0.05) is 17.6 Å². The first-order valence-electron chi connectivity index (χ1n) is 8.06. The summed E-state index contributed by atoms with van der Waals surface area (Å²) in [4.78, 5) is 15.6. The summed E-state index contributed by atoms with van der Waals surface area (Å²) in [7, 11) is 0. The van der Waals surface area contributed by atoms with Crippen molar-refractivity contribution >= 4 is 16.8 Å². The molecule has 0 radical (unpaired) electrons. The molecule has 0 aliphatic heterocycles. The number of hydrogen-bond donors (Lipinski definition) is 1. The Balaban J connectivity index is 2.14. The number of amides is 1. The molecule has 2 aromatic carbocycles. The maximum Gasteiger partial charge on any atom is 0.251 e. The van der Waals surface area contributed by atoms with Crippen LogP contribution < -0.4 is 10.5 Å². The van der Waals surface area contributed by atoms with Gasteiger partial charge in [-0.25, -0.2) is 4.39 Å². The molecular weight excluding hydrogens is 319 g/mol. The Morgan fingerprint density at radius 1 is 1.20 bits per heavy atom. The monoisotopic (exact) mass is 338 g/mol. The van der Waals surface area contributed by atoms with Crippen molar-refractivity contribution in [2.75, 3.05) is 0 Å². The third-order valence-electron chi connectivity index (χ3n) is 4.20. The highest BCUT2D eigenvalue weighted by Gasteiger charge is 2.15. The second-order valence-electron chi connectivity index (χ2n) is 6.04. The number of carbonyl (C=O) groups is 1. The highest BCUT2D eigenvalue weighted by atomic mass is 19.1. The summed E-state index contributed by atoms with van der Waals surface area (Å²) < 4.78 is 20.1. The lowest BCUT2D eigenvalue weighted by atomic mass is 10.0. The molecule has 0 saturated heterocycles. The number of halogens is 1. The molecule has 1 amide bonds. The van der Waals surface area contributed by atoms with Gasteiger partial charge in [-0.2, -0.15) is 0 Å². The average Bonchev–Trinajstić information content (AvgIpc) is 2.56. The van der Waals surface area contributed by atoms with Crippen LogP contribution in [0.5, 0.6) is 11.5 Å². The van der Waals surface area contributed by atoms with Crippen LogP contribution in [0.4, 0.5) is 4.39 Å². The fourth-order valence-corrected chi connectivity index (χ4v) is 2.93. The van der Waals surface area contributed by atoms with Gasteiger partial charge >= 0.3 is 0 Å². The number of rotatable bonds is 4. The van der Waals surface area contributed by atoms with Crippen molar-refractivity contribution in [3.8, 4) is 11.5 Å². The van der Waals surface area contributed by atoms with Gasteiger partial charge in [0.25, 0.3) is 5.91 Å². The van der Waals surface area contributed by atoms with Crippen LogP contribution in [0.1, 0.15) is 34.0 Å². The van der Waals surface area contributed by atoms with Gasteiger partial charge in [0.15, 0.2) is 0 Å². The molecule has 0 spiro atoms. The summed E-state index contributed by atoms with van der Waals surface area (Å²) in [5, 5.41) is 0.538. The third-order valence-corrected chi connectivity index (χ3v) is 4.20. The van der Waals surface area contributed by atoms with Crippen LogP contribution >= 0.6 is 0 Å². The van der Waals surface area contributed by atoms with Crippen LogP contribution in [0.25, 0.3) is 10.9 Å². The summed E-state index contributed by atoms with van der Waals surface area (Å²) in [6, 6.07) is 8.45. The average molecular weight is 338 g/mol. The molecule has 1 heterocycles. The van der Waals surface area contributed by atoms with Gasteiger partial charge in [-0.3, -0.25) is 9.78 Å². The highest BCUT2D eigenvalue weighted by molar-refractivity contribution is 5.98. The zero-order valence-corrected chi connectivity index (χ0v) is 14.4. The Bertz CT molecular complexity index is 960. The number of primary amides is 1. The van der Waals surface area contributed by atoms with Crippen molar-refractivity contribution in [1.29, 1.82) is 0 Å². The first kappa shape index (κ1) is 16.9. The van der Waals surface area contributed by atoms with Crippen LogP contribution in [-0.4, -0.2) is 10.9 Å². The number of carbonyl (C=O) groups excluding carboxylic acids is 1. The van der Waals surface area contributed by atoms with E-state index in [1.165, 1.54) is 17.7 Å². The molecule has 0 fully saturated rings. The minimum atomic E-state index is -0.825. The Morgan fingerprint density at radius 3 is 2.48 bits per heavy atom. The Hall–Kier alpha value is -2.95. The summed E-state index contributed by atoms with van der Waals surface area (Å²) in [6.07, 6.45) is 2.49. The van der Waals surface area contributed by atoms with E-state index in [1.807, 2.05) is 13.8 Å². The van der Waals surface area contributed by atoms with Crippen LogP contribution in [0.2, 0.25) is 0 Å². The molecule has 5 heteroatoms. The molecule has 0 aliphatic carbocycles. The van der Waals surface area contributed by atoms with Gasteiger partial charge in [-0.1, -0.05) is 19.1 Å². The van der Waals surface area contributed by atoms with Crippen molar-refractivity contribution in [2.45, 2.75) is 27.2 Å². The van der Waals surface area contributed by atoms with E-state index in [9.17, 15) is 9.18 Å². The van der Waals surface area contributed by atoms with Crippen LogP contribution in [0, 0.1) is 19.7 Å². The lowest BCUT2D eigenvalue weighted by Gasteiger charge is -2.15. The normalized spacial score (nSPS) is 10.9. The lowest BCUT2D eigenvalue weighted by molar-refractivity contribution is 0.0996. The molecule has 3 aromatic rings. The fourth-order valence-electron chi connectivity index (χ4n) is 2.93. The first-order valence-corrected chi connectivity index (χ1v) is 8.06. The number of benzene rings is 2. The summed E-state index contributed by atoms with van der Waals surface area (Å²) >= 11 is 0. The number of aryl methyl sites for hydroxylation is 3. The SMILES string of the molecule is CCc1cc(C)c(Oc2ccnc3cc(F)c(C(N)=O)cc23)c(C)c1. The summed E-state index contributed by atoms with van der Waals surface area (Å²) in [5.41, 5.74) is 8.73. The number of fused-ring (bicyclic) bond motifs is 1. The van der Waals surface area contributed by atoms with Crippen LogP contribution in [-0.2, 0) is 6.42 Å². The Kier molecular flexibility index (Phi) is 4.40. The standard InChI is InChI=1S/C20H19FN2O2/c1-4-13-7-11(2)19(12(3)8-13)25-18-5-6-23-17-10-16(21)14(20(22)24)9-15(17)18/h5-10H,4H2,1-3H3,(H2,22,24). The number of nitrogens with two attached hydrogens (primary N) is 1. The fraction of sp³-hybridized carbons (Fsp3) is 0.200. The van der Waals surface area contributed by atoms with Crippen molar-refractivity contribution in [1.82, 2.24) is 4.98 Å². The second kappa shape index (κ2) is 6.51. The molecule has 3 rings (SSSR count). The van der Waals surface area contributed by atoms with Crippen molar-refractivity contribution in [3.05, 3.63) is 64.6 Å². The Labute approximate surface area is 145 Å².